The number of nitrogens with one attached hydrogen (secondary N) is 1. The maximum atomic E-state index is 5.65. The molecule has 0 aliphatic carbocycles. The van der Waals surface area contributed by atoms with E-state index >= 15 is 0 Å². The third-order valence-corrected chi connectivity index (χ3v) is 4.00. The van der Waals surface area contributed by atoms with Crippen molar-refractivity contribution in [3.05, 3.63) is 41.8 Å². The first-order valence-electron chi connectivity index (χ1n) is 7.06. The molecule has 0 aliphatic heterocycles. The van der Waals surface area contributed by atoms with Gasteiger partial charge in [-0.1, -0.05) is 19.4 Å². The van der Waals surface area contributed by atoms with Crippen LogP contribution in [0.1, 0.15) is 19.8 Å². The van der Waals surface area contributed by atoms with Crippen molar-refractivity contribution >= 4 is 11.3 Å². The van der Waals surface area contributed by atoms with Gasteiger partial charge in [0.2, 0.25) is 0 Å². The highest BCUT2D eigenvalue weighted by atomic mass is 32.1. The molecule has 3 rings (SSSR count). The van der Waals surface area contributed by atoms with Gasteiger partial charge in [-0.25, -0.2) is 4.98 Å². The Morgan fingerprint density at radius 2 is 2.05 bits per heavy atom. The number of H-pyrrole nitrogens is 1. The van der Waals surface area contributed by atoms with Gasteiger partial charge in [-0.05, 0) is 42.1 Å². The molecule has 5 heteroatoms. The number of benzene rings is 1. The molecule has 21 heavy (non-hydrogen) atoms. The van der Waals surface area contributed by atoms with E-state index in [4.69, 9.17) is 4.74 Å². The molecule has 0 amide bonds. The van der Waals surface area contributed by atoms with Crippen molar-refractivity contribution in [3.8, 4) is 27.8 Å². The van der Waals surface area contributed by atoms with E-state index in [2.05, 4.69) is 22.1 Å². The van der Waals surface area contributed by atoms with Crippen molar-refractivity contribution in [3.63, 3.8) is 0 Å². The summed E-state index contributed by atoms with van der Waals surface area (Å²) in [5.74, 6) is 2.41. The van der Waals surface area contributed by atoms with E-state index in [1.165, 1.54) is 0 Å². The van der Waals surface area contributed by atoms with E-state index in [1.54, 1.807) is 11.3 Å². The van der Waals surface area contributed by atoms with Crippen LogP contribution >= 0.6 is 11.3 Å². The Morgan fingerprint density at radius 1 is 1.19 bits per heavy atom. The van der Waals surface area contributed by atoms with Gasteiger partial charge in [0.25, 0.3) is 0 Å². The predicted octanol–water partition coefficient (Wildman–Crippen LogP) is 4.38. The zero-order valence-electron chi connectivity index (χ0n) is 11.9. The minimum Gasteiger partial charge on any atom is -0.494 e. The molecule has 0 spiro atoms. The zero-order chi connectivity index (χ0) is 14.5. The van der Waals surface area contributed by atoms with E-state index in [9.17, 15) is 0 Å². The van der Waals surface area contributed by atoms with Crippen molar-refractivity contribution in [2.45, 2.75) is 19.8 Å². The van der Waals surface area contributed by atoms with Crippen molar-refractivity contribution in [1.29, 1.82) is 0 Å². The lowest BCUT2D eigenvalue weighted by Gasteiger charge is -2.05. The lowest BCUT2D eigenvalue weighted by molar-refractivity contribution is 0.309. The minimum absolute atomic E-state index is 0.707. The van der Waals surface area contributed by atoms with E-state index in [0.717, 1.165) is 41.5 Å². The molecule has 0 saturated heterocycles. The van der Waals surface area contributed by atoms with Crippen LogP contribution in [0.3, 0.4) is 0 Å². The number of aromatic nitrogens is 3. The Kier molecular flexibility index (Phi) is 4.31. The maximum Gasteiger partial charge on any atom is 0.181 e. The van der Waals surface area contributed by atoms with Gasteiger partial charge >= 0.3 is 0 Å². The number of unbranched alkanes of at least 4 members (excludes halogenated alkanes) is 1. The van der Waals surface area contributed by atoms with Gasteiger partial charge in [-0.3, -0.25) is 5.10 Å². The van der Waals surface area contributed by atoms with Crippen LogP contribution in [0.15, 0.2) is 41.8 Å². The second-order valence-corrected chi connectivity index (χ2v) is 5.66. The molecular formula is C16H17N3OS. The number of rotatable bonds is 6. The SMILES string of the molecule is CCCCOc1ccc(-c2n[nH]c(-c3cccs3)n2)cc1. The smallest absolute Gasteiger partial charge is 0.181 e. The highest BCUT2D eigenvalue weighted by Gasteiger charge is 2.08. The van der Waals surface area contributed by atoms with Gasteiger partial charge in [-0.2, -0.15) is 5.10 Å². The molecule has 0 bridgehead atoms. The van der Waals surface area contributed by atoms with Crippen LogP contribution in [-0.4, -0.2) is 21.8 Å². The predicted molar refractivity (Wildman–Crippen MR) is 85.5 cm³/mol. The zero-order valence-corrected chi connectivity index (χ0v) is 12.7. The van der Waals surface area contributed by atoms with Crippen LogP contribution in [0.2, 0.25) is 0 Å². The summed E-state index contributed by atoms with van der Waals surface area (Å²) in [5, 5.41) is 9.29. The van der Waals surface area contributed by atoms with Crippen LogP contribution in [0.4, 0.5) is 0 Å². The molecule has 0 unspecified atom stereocenters. The number of aromatic amines is 1. The molecule has 4 nitrogen and oxygen atoms in total. The van der Waals surface area contributed by atoms with E-state index < -0.39 is 0 Å². The summed E-state index contributed by atoms with van der Waals surface area (Å²) in [6, 6.07) is 11.9. The average molecular weight is 299 g/mol. The largest absolute Gasteiger partial charge is 0.494 e. The lowest BCUT2D eigenvalue weighted by atomic mass is 10.2. The van der Waals surface area contributed by atoms with Gasteiger partial charge in [-0.15, -0.1) is 11.3 Å². The molecule has 1 aromatic carbocycles. The van der Waals surface area contributed by atoms with Crippen molar-refractivity contribution in [2.75, 3.05) is 6.61 Å². The van der Waals surface area contributed by atoms with Gasteiger partial charge in [0, 0.05) is 5.56 Å². The maximum absolute atomic E-state index is 5.65. The number of ether oxygens (including phenoxy) is 1. The van der Waals surface area contributed by atoms with Crippen molar-refractivity contribution in [1.82, 2.24) is 15.2 Å². The quantitative estimate of drug-likeness (QED) is 0.687. The van der Waals surface area contributed by atoms with Gasteiger partial charge < -0.3 is 4.74 Å². The molecule has 0 radical (unpaired) electrons. The first kappa shape index (κ1) is 13.8. The minimum atomic E-state index is 0.707. The van der Waals surface area contributed by atoms with Crippen LogP contribution in [0.25, 0.3) is 22.1 Å². The number of nitrogens with zero attached hydrogens (tertiary/aromatic N) is 2. The third-order valence-electron chi connectivity index (χ3n) is 3.12. The van der Waals surface area contributed by atoms with E-state index in [-0.39, 0.29) is 0 Å². The molecule has 2 aromatic heterocycles. The van der Waals surface area contributed by atoms with Crippen LogP contribution < -0.4 is 4.74 Å². The summed E-state index contributed by atoms with van der Waals surface area (Å²) in [4.78, 5) is 5.62. The molecule has 0 fully saturated rings. The second-order valence-electron chi connectivity index (χ2n) is 4.71. The first-order valence-corrected chi connectivity index (χ1v) is 7.94. The Morgan fingerprint density at radius 3 is 2.76 bits per heavy atom. The Hall–Kier alpha value is -2.14. The summed E-state index contributed by atoms with van der Waals surface area (Å²) < 4.78 is 5.65. The second kappa shape index (κ2) is 6.54. The monoisotopic (exact) mass is 299 g/mol. The van der Waals surface area contributed by atoms with Crippen molar-refractivity contribution < 1.29 is 4.74 Å². The first-order chi connectivity index (χ1) is 10.4. The number of hydrogen-bond acceptors (Lipinski definition) is 4. The van der Waals surface area contributed by atoms with Gasteiger partial charge in [0.1, 0.15) is 5.75 Å². The normalized spacial score (nSPS) is 10.7. The van der Waals surface area contributed by atoms with Gasteiger partial charge in [0.05, 0.1) is 11.5 Å². The number of hydrogen-bond donors (Lipinski definition) is 1. The molecular weight excluding hydrogens is 282 g/mol. The van der Waals surface area contributed by atoms with E-state index in [1.807, 2.05) is 41.8 Å². The average Bonchev–Trinajstić information content (AvgIpc) is 3.19. The third kappa shape index (κ3) is 3.31. The fourth-order valence-electron chi connectivity index (χ4n) is 1.95. The summed E-state index contributed by atoms with van der Waals surface area (Å²) in [6.07, 6.45) is 2.22. The molecule has 2 heterocycles. The highest BCUT2D eigenvalue weighted by Crippen LogP contribution is 2.24. The molecule has 1 N–H and O–H groups in total. The molecule has 0 atom stereocenters. The summed E-state index contributed by atoms with van der Waals surface area (Å²) in [5.41, 5.74) is 0.983. The van der Waals surface area contributed by atoms with Crippen LogP contribution in [0, 0.1) is 0 Å². The summed E-state index contributed by atoms with van der Waals surface area (Å²) in [7, 11) is 0. The topological polar surface area (TPSA) is 50.8 Å². The summed E-state index contributed by atoms with van der Waals surface area (Å²) >= 11 is 1.64. The molecule has 0 saturated carbocycles. The highest BCUT2D eigenvalue weighted by molar-refractivity contribution is 7.13. The van der Waals surface area contributed by atoms with Crippen molar-refractivity contribution in [2.24, 2.45) is 0 Å². The number of thiophene rings is 1. The summed E-state index contributed by atoms with van der Waals surface area (Å²) in [6.45, 7) is 2.92. The molecule has 3 aromatic rings. The molecule has 108 valence electrons. The Bertz CT molecular complexity index is 674. The van der Waals surface area contributed by atoms with Gasteiger partial charge in [0.15, 0.2) is 11.6 Å². The Labute approximate surface area is 127 Å². The Balaban J connectivity index is 1.72. The van der Waals surface area contributed by atoms with Crippen LogP contribution in [0.5, 0.6) is 5.75 Å². The fraction of sp³-hybridized carbons (Fsp3) is 0.250. The molecule has 0 aliphatic rings. The van der Waals surface area contributed by atoms with Crippen LogP contribution in [-0.2, 0) is 0 Å². The van der Waals surface area contributed by atoms with E-state index in [0.29, 0.717) is 5.82 Å². The fourth-order valence-corrected chi connectivity index (χ4v) is 2.61. The lowest BCUT2D eigenvalue weighted by Crippen LogP contribution is -1.96. The standard InChI is InChI=1S/C16H17N3OS/c1-2-3-10-20-13-8-6-12(7-9-13)15-17-16(19-18-15)14-5-4-11-21-14/h4-9,11H,2-3,10H2,1H3,(H,17,18,19).